The molecule has 2 aliphatic rings. The summed E-state index contributed by atoms with van der Waals surface area (Å²) in [5, 5.41) is 9.45. The minimum absolute atomic E-state index is 0. The van der Waals surface area contributed by atoms with Gasteiger partial charge in [0, 0.05) is 39.1 Å². The van der Waals surface area contributed by atoms with E-state index >= 15 is 0 Å². The van der Waals surface area contributed by atoms with Crippen LogP contribution >= 0.6 is 24.0 Å². The van der Waals surface area contributed by atoms with Crippen LogP contribution in [0.25, 0.3) is 0 Å². The van der Waals surface area contributed by atoms with Crippen LogP contribution in [0.5, 0.6) is 0 Å². The van der Waals surface area contributed by atoms with Gasteiger partial charge in [-0.15, -0.1) is 24.0 Å². The number of nitrogens with zero attached hydrogens (tertiary/aromatic N) is 2. The van der Waals surface area contributed by atoms with E-state index in [9.17, 15) is 9.59 Å². The molecule has 0 spiro atoms. The number of aliphatic imine (C=N–C) groups is 1. The maximum Gasteiger partial charge on any atom is 0.410 e. The van der Waals surface area contributed by atoms with Crippen LogP contribution in [0.2, 0.25) is 0 Å². The Morgan fingerprint density at radius 2 is 1.81 bits per heavy atom. The maximum atomic E-state index is 11.9. The highest BCUT2D eigenvalue weighted by molar-refractivity contribution is 14.0. The fourth-order valence-corrected chi connectivity index (χ4v) is 2.42. The van der Waals surface area contributed by atoms with Gasteiger partial charge in [-0.3, -0.25) is 9.79 Å². The average molecular weight is 481 g/mol. The molecule has 0 unspecified atom stereocenters. The second-order valence-corrected chi connectivity index (χ2v) is 7.67. The predicted molar refractivity (Wildman–Crippen MR) is 112 cm³/mol. The standard InChI is InChI=1S/C17H31N5O3.HI/c1-17(2,3)25-16(24)22-10-13(11-22)21-15(18-4)19-9-5-6-14(23)20-12-7-8-12;/h12-13H,5-11H2,1-4H3,(H,20,23)(H2,18,19,21);1H. The summed E-state index contributed by atoms with van der Waals surface area (Å²) in [6, 6.07) is 0.582. The third-order valence-corrected chi connectivity index (χ3v) is 3.91. The second kappa shape index (κ2) is 10.2. The van der Waals surface area contributed by atoms with E-state index in [1.54, 1.807) is 11.9 Å². The van der Waals surface area contributed by atoms with E-state index in [0.717, 1.165) is 19.3 Å². The lowest BCUT2D eigenvalue weighted by Crippen LogP contribution is -2.63. The molecule has 0 radical (unpaired) electrons. The molecule has 9 heteroatoms. The van der Waals surface area contributed by atoms with Crippen molar-refractivity contribution in [1.29, 1.82) is 0 Å². The number of halogens is 1. The first-order valence-electron chi connectivity index (χ1n) is 9.01. The lowest BCUT2D eigenvalue weighted by atomic mass is 10.1. The topological polar surface area (TPSA) is 95.1 Å². The van der Waals surface area contributed by atoms with Crippen molar-refractivity contribution in [2.45, 2.75) is 64.1 Å². The molecular formula is C17H32IN5O3. The second-order valence-electron chi connectivity index (χ2n) is 7.67. The number of rotatable bonds is 6. The minimum atomic E-state index is -0.473. The van der Waals surface area contributed by atoms with Crippen molar-refractivity contribution in [2.24, 2.45) is 4.99 Å². The van der Waals surface area contributed by atoms with Crippen LogP contribution in [-0.4, -0.2) is 67.2 Å². The first kappa shape index (κ1) is 22.8. The Morgan fingerprint density at radius 3 is 2.35 bits per heavy atom. The normalized spacial score (nSPS) is 17.7. The van der Waals surface area contributed by atoms with Gasteiger partial charge in [0.1, 0.15) is 5.60 Å². The Balaban J connectivity index is 0.00000338. The van der Waals surface area contributed by atoms with E-state index < -0.39 is 5.60 Å². The molecule has 8 nitrogen and oxygen atoms in total. The number of carbonyl (C=O) groups is 2. The van der Waals surface area contributed by atoms with Gasteiger partial charge in [-0.1, -0.05) is 0 Å². The van der Waals surface area contributed by atoms with Crippen molar-refractivity contribution in [3.05, 3.63) is 0 Å². The Labute approximate surface area is 172 Å². The Kier molecular flexibility index (Phi) is 8.91. The largest absolute Gasteiger partial charge is 0.444 e. The molecule has 26 heavy (non-hydrogen) atoms. The molecule has 1 heterocycles. The Bertz CT molecular complexity index is 511. The highest BCUT2D eigenvalue weighted by Crippen LogP contribution is 2.18. The number of carbonyl (C=O) groups excluding carboxylic acids is 2. The summed E-state index contributed by atoms with van der Waals surface area (Å²) in [5.74, 6) is 0.815. The summed E-state index contributed by atoms with van der Waals surface area (Å²) >= 11 is 0. The van der Waals surface area contributed by atoms with Crippen molar-refractivity contribution >= 4 is 41.9 Å². The molecule has 0 aromatic carbocycles. The lowest BCUT2D eigenvalue weighted by molar-refractivity contribution is -0.121. The van der Waals surface area contributed by atoms with Crippen molar-refractivity contribution in [1.82, 2.24) is 20.9 Å². The van der Waals surface area contributed by atoms with Crippen LogP contribution in [0.4, 0.5) is 4.79 Å². The number of hydrogen-bond donors (Lipinski definition) is 3. The molecule has 0 aromatic heterocycles. The molecule has 1 aliphatic carbocycles. The molecule has 1 saturated carbocycles. The van der Waals surface area contributed by atoms with Gasteiger partial charge >= 0.3 is 6.09 Å². The van der Waals surface area contributed by atoms with Gasteiger partial charge in [-0.05, 0) is 40.0 Å². The first-order valence-corrected chi connectivity index (χ1v) is 9.01. The Morgan fingerprint density at radius 1 is 1.15 bits per heavy atom. The van der Waals surface area contributed by atoms with E-state index in [4.69, 9.17) is 4.74 Å². The van der Waals surface area contributed by atoms with Gasteiger partial charge in [-0.25, -0.2) is 4.79 Å². The van der Waals surface area contributed by atoms with E-state index in [2.05, 4.69) is 20.9 Å². The fourth-order valence-electron chi connectivity index (χ4n) is 2.42. The summed E-state index contributed by atoms with van der Waals surface area (Å²) in [5.41, 5.74) is -0.473. The summed E-state index contributed by atoms with van der Waals surface area (Å²) in [6.45, 7) is 7.45. The fraction of sp³-hybridized carbons (Fsp3) is 0.824. The molecular weight excluding hydrogens is 449 g/mol. The van der Waals surface area contributed by atoms with Crippen molar-refractivity contribution in [3.8, 4) is 0 Å². The van der Waals surface area contributed by atoms with Crippen LogP contribution in [0.3, 0.4) is 0 Å². The van der Waals surface area contributed by atoms with E-state index in [1.165, 1.54) is 0 Å². The molecule has 2 amide bonds. The summed E-state index contributed by atoms with van der Waals surface area (Å²) < 4.78 is 5.33. The number of hydrogen-bond acceptors (Lipinski definition) is 4. The highest BCUT2D eigenvalue weighted by Gasteiger charge is 2.34. The molecule has 0 atom stereocenters. The summed E-state index contributed by atoms with van der Waals surface area (Å²) in [4.78, 5) is 29.3. The van der Waals surface area contributed by atoms with Gasteiger partial charge in [0.2, 0.25) is 5.91 Å². The van der Waals surface area contributed by atoms with Crippen molar-refractivity contribution in [3.63, 3.8) is 0 Å². The molecule has 1 aliphatic heterocycles. The zero-order chi connectivity index (χ0) is 18.4. The third-order valence-electron chi connectivity index (χ3n) is 3.91. The molecule has 0 bridgehead atoms. The lowest BCUT2D eigenvalue weighted by Gasteiger charge is -2.40. The van der Waals surface area contributed by atoms with Crippen molar-refractivity contribution in [2.75, 3.05) is 26.7 Å². The summed E-state index contributed by atoms with van der Waals surface area (Å²) in [6.07, 6.45) is 3.23. The van der Waals surface area contributed by atoms with E-state index in [0.29, 0.717) is 38.1 Å². The first-order chi connectivity index (χ1) is 11.8. The molecule has 3 N–H and O–H groups in total. The van der Waals surface area contributed by atoms with Crippen LogP contribution in [0.15, 0.2) is 4.99 Å². The number of nitrogens with one attached hydrogen (secondary N) is 3. The monoisotopic (exact) mass is 481 g/mol. The van der Waals surface area contributed by atoms with Gasteiger partial charge < -0.3 is 25.6 Å². The van der Waals surface area contributed by atoms with Crippen LogP contribution in [-0.2, 0) is 9.53 Å². The summed E-state index contributed by atoms with van der Waals surface area (Å²) in [7, 11) is 1.71. The maximum absolute atomic E-state index is 11.9. The van der Waals surface area contributed by atoms with Crippen LogP contribution in [0, 0.1) is 0 Å². The highest BCUT2D eigenvalue weighted by atomic mass is 127. The molecule has 2 fully saturated rings. The molecule has 150 valence electrons. The predicted octanol–water partition coefficient (Wildman–Crippen LogP) is 1.45. The SMILES string of the molecule is CN=C(NCCCC(=O)NC1CC1)NC1CN(C(=O)OC(C)(C)C)C1.I. The molecule has 1 saturated heterocycles. The van der Waals surface area contributed by atoms with E-state index in [-0.39, 0.29) is 42.0 Å². The Hall–Kier alpha value is -1.26. The zero-order valence-corrected chi connectivity index (χ0v) is 18.5. The molecule has 0 aromatic rings. The van der Waals surface area contributed by atoms with Gasteiger partial charge in [0.05, 0.1) is 6.04 Å². The third kappa shape index (κ3) is 8.41. The number of amides is 2. The number of guanidine groups is 1. The smallest absolute Gasteiger partial charge is 0.410 e. The molecule has 2 rings (SSSR count). The number of ether oxygens (including phenoxy) is 1. The quantitative estimate of drug-likeness (QED) is 0.231. The van der Waals surface area contributed by atoms with E-state index in [1.807, 2.05) is 20.8 Å². The zero-order valence-electron chi connectivity index (χ0n) is 16.1. The average Bonchev–Trinajstić information content (AvgIpc) is 3.26. The minimum Gasteiger partial charge on any atom is -0.444 e. The number of likely N-dealkylation sites (tertiary alicyclic amines) is 1. The van der Waals surface area contributed by atoms with Crippen LogP contribution in [0.1, 0.15) is 46.5 Å². The van der Waals surface area contributed by atoms with Crippen molar-refractivity contribution < 1.29 is 14.3 Å². The van der Waals surface area contributed by atoms with Gasteiger partial charge in [0.15, 0.2) is 5.96 Å². The van der Waals surface area contributed by atoms with Gasteiger partial charge in [-0.2, -0.15) is 0 Å². The van der Waals surface area contributed by atoms with Crippen LogP contribution < -0.4 is 16.0 Å². The van der Waals surface area contributed by atoms with Gasteiger partial charge in [0.25, 0.3) is 0 Å².